The fraction of sp³-hybridized carbons (Fsp3) is 0.417. The highest BCUT2D eigenvalue weighted by Gasteiger charge is 2.44. The maximum absolute atomic E-state index is 15.0. The van der Waals surface area contributed by atoms with Crippen molar-refractivity contribution in [1.29, 1.82) is 0 Å². The number of aromatic hydroxyl groups is 2. The lowest BCUT2D eigenvalue weighted by atomic mass is 9.96. The number of carboxylic acids is 1. The Morgan fingerprint density at radius 3 is 1.54 bits per heavy atom. The second kappa shape index (κ2) is 42.6. The molecule has 0 bridgehead atoms. The zero-order valence-electron chi connectivity index (χ0n) is 66.4. The number of hydrogen-bond donors (Lipinski definition) is 17. The Bertz CT molecular complexity index is 4660. The molecule has 13 amide bonds. The molecule has 5 aromatic carbocycles. The number of imidazole rings is 1. The molecular weight excluding hydrogens is 1520 g/mol. The van der Waals surface area contributed by atoms with E-state index in [0.717, 1.165) is 5.56 Å². The second-order valence-electron chi connectivity index (χ2n) is 30.4. The van der Waals surface area contributed by atoms with Crippen LogP contribution in [0.2, 0.25) is 0 Å². The molecule has 118 heavy (non-hydrogen) atoms. The molecule has 7 aromatic rings. The van der Waals surface area contributed by atoms with Crippen molar-refractivity contribution in [3.8, 4) is 11.5 Å². The van der Waals surface area contributed by atoms with E-state index in [0.29, 0.717) is 51.7 Å². The molecule has 0 radical (unpaired) electrons. The van der Waals surface area contributed by atoms with Crippen LogP contribution in [0.15, 0.2) is 152 Å². The number of fused-ring (bicyclic) bond motifs is 1. The Labute approximate surface area is 681 Å². The Morgan fingerprint density at radius 1 is 0.500 bits per heavy atom. The van der Waals surface area contributed by atoms with E-state index in [9.17, 15) is 82.4 Å². The van der Waals surface area contributed by atoms with Gasteiger partial charge in [-0.05, 0) is 115 Å². The van der Waals surface area contributed by atoms with Crippen LogP contribution in [0.4, 0.5) is 0 Å². The molecule has 34 nitrogen and oxygen atoms in total. The number of primary amides is 1. The minimum absolute atomic E-state index is 0.0197. The summed E-state index contributed by atoms with van der Waals surface area (Å²) >= 11 is 0. The van der Waals surface area contributed by atoms with Gasteiger partial charge in [-0.1, -0.05) is 137 Å². The number of H-pyrrole nitrogens is 2. The topological polar surface area (TPSA) is 523 Å². The number of phenolic OH excluding ortho intramolecular Hbond substituents is 2. The first-order valence-corrected chi connectivity index (χ1v) is 39.5. The van der Waals surface area contributed by atoms with Crippen LogP contribution in [0.3, 0.4) is 0 Å². The molecule has 0 saturated carbocycles. The average Bonchev–Trinajstić information content (AvgIpc) is 1.64. The van der Waals surface area contributed by atoms with Crippen molar-refractivity contribution in [2.45, 2.75) is 191 Å². The smallest absolute Gasteiger partial charge is 0.326 e. The summed E-state index contributed by atoms with van der Waals surface area (Å²) in [7, 11) is 0. The van der Waals surface area contributed by atoms with Crippen molar-refractivity contribution in [1.82, 2.24) is 77.9 Å². The van der Waals surface area contributed by atoms with Crippen LogP contribution in [0, 0.1) is 11.8 Å². The monoisotopic (exact) mass is 1620 g/mol. The van der Waals surface area contributed by atoms with Crippen molar-refractivity contribution in [2.75, 3.05) is 19.6 Å². The number of para-hydroxylation sites is 1. The first-order valence-electron chi connectivity index (χ1n) is 39.5. The summed E-state index contributed by atoms with van der Waals surface area (Å²) in [5.74, 6) is -13.2. The average molecular weight is 1620 g/mol. The molecule has 4 heterocycles. The lowest BCUT2D eigenvalue weighted by molar-refractivity contribution is -0.144. The molecule has 13 atom stereocenters. The summed E-state index contributed by atoms with van der Waals surface area (Å²) in [6.45, 7) is 7.71. The van der Waals surface area contributed by atoms with Gasteiger partial charge in [-0.15, -0.1) is 0 Å². The van der Waals surface area contributed by atoms with E-state index in [2.05, 4.69) is 68.1 Å². The van der Waals surface area contributed by atoms with E-state index < -0.39 is 174 Å². The van der Waals surface area contributed by atoms with Gasteiger partial charge in [0.05, 0.1) is 31.0 Å². The van der Waals surface area contributed by atoms with Gasteiger partial charge in [0.25, 0.3) is 0 Å². The van der Waals surface area contributed by atoms with E-state index >= 15 is 0 Å². The molecular formula is C84H105N17O17. The van der Waals surface area contributed by atoms with E-state index in [1.165, 1.54) is 77.8 Å². The van der Waals surface area contributed by atoms with Crippen LogP contribution in [0.5, 0.6) is 11.5 Å². The number of nitrogens with zero attached hydrogens (tertiary/aromatic N) is 3. The fourth-order valence-corrected chi connectivity index (χ4v) is 14.3. The van der Waals surface area contributed by atoms with Crippen LogP contribution in [-0.4, -0.2) is 215 Å². The Hall–Kier alpha value is -13.0. The van der Waals surface area contributed by atoms with E-state index in [1.807, 2.05) is 18.2 Å². The van der Waals surface area contributed by atoms with Crippen LogP contribution in [0.1, 0.15) is 113 Å². The largest absolute Gasteiger partial charge is 0.508 e. The molecule has 2 aliphatic heterocycles. The first-order chi connectivity index (χ1) is 56.4. The summed E-state index contributed by atoms with van der Waals surface area (Å²) in [4.78, 5) is 211. The Kier molecular flexibility index (Phi) is 32.1. The first kappa shape index (κ1) is 88.9. The minimum Gasteiger partial charge on any atom is -0.508 e. The maximum atomic E-state index is 15.0. The number of aromatic amines is 2. The SMILES string of the molecule is CC[C@H](C)[C@H](NC(=O)[C@H](CC(N)=O)NC(=O)[C@@H]1CCCN1C(=O)[C@H](Cc1c[nH]cn1)NC(=O)[C@H](Cc1ccc(O)cc1)NC(=O)[C@H](C)NC(=O)[C@@H](N)Cc1ccccc1)C(=O)N1CCC[C@H]1C(=O)NCC(=O)N[C@@H](CC(C)C)C(=O)N[C@@H](Cc1c[nH]c2ccccc12)C(=O)N[C@@H](Cc1ccc(O)cc1)C(=O)N[C@@H](Cc1ccccc1)C(=O)O. The van der Waals surface area contributed by atoms with Crippen molar-refractivity contribution < 1.29 is 82.4 Å². The molecule has 2 aromatic heterocycles. The van der Waals surface area contributed by atoms with Crippen LogP contribution >= 0.6 is 0 Å². The number of nitrogens with one attached hydrogen (secondary N) is 12. The number of benzene rings is 5. The van der Waals surface area contributed by atoms with Gasteiger partial charge in [0.1, 0.15) is 78.0 Å². The molecule has 0 aliphatic carbocycles. The van der Waals surface area contributed by atoms with Crippen molar-refractivity contribution in [3.63, 3.8) is 0 Å². The van der Waals surface area contributed by atoms with Crippen molar-refractivity contribution >= 4 is 93.7 Å². The quantitative estimate of drug-likeness (QED) is 0.0253. The van der Waals surface area contributed by atoms with Gasteiger partial charge in [-0.3, -0.25) is 62.3 Å². The standard InChI is InChI=1S/C84H105N17O17/c1-6-48(4)72(99-79(112)65(42-70(86)104)96-81(114)69-24-16-33-100(69)82(115)66(41-55-44-87-46-90-55)97-76(109)62(37-52-25-29-56(102)30-26-52)93-73(106)49(5)91-74(107)59(85)36-50-17-9-7-10-18-50)83(116)101-34-15-23-68(101)80(113)89-45-71(105)92-61(35-47(2)3)75(108)95-64(40-54-43-88-60-22-14-13-21-58(54)60)78(111)94-63(38-53-27-31-57(103)32-28-53)77(110)98-67(84(117)118)39-51-19-11-8-12-20-51/h7-14,17-22,25-32,43-44,46-49,59,61-69,72,88,102-103H,6,15-16,23-24,33-42,45,85H2,1-5H3,(H2,86,104)(H,87,90)(H,89,113)(H,91,107)(H,92,105)(H,93,106)(H,94,111)(H,95,108)(H,96,114)(H,97,109)(H,98,110)(H,99,112)(H,117,118)/t48-,49-,59-,61-,62-,63-,64-,65-,66-,67-,68-,69-,72-/m0/s1. The highest BCUT2D eigenvalue weighted by atomic mass is 16.4. The number of carbonyl (C=O) groups excluding carboxylic acids is 13. The molecule has 19 N–H and O–H groups in total. The van der Waals surface area contributed by atoms with Crippen molar-refractivity contribution in [2.24, 2.45) is 23.3 Å². The third kappa shape index (κ3) is 25.5. The van der Waals surface area contributed by atoms with Gasteiger partial charge in [-0.25, -0.2) is 9.78 Å². The number of aromatic nitrogens is 3. The molecule has 0 unspecified atom stereocenters. The zero-order valence-corrected chi connectivity index (χ0v) is 66.4. The third-order valence-corrected chi connectivity index (χ3v) is 20.9. The third-order valence-electron chi connectivity index (χ3n) is 20.9. The predicted octanol–water partition coefficient (Wildman–Crippen LogP) is 0.919. The molecule has 9 rings (SSSR count). The van der Waals surface area contributed by atoms with Crippen molar-refractivity contribution in [3.05, 3.63) is 186 Å². The van der Waals surface area contributed by atoms with Gasteiger partial charge in [0.15, 0.2) is 0 Å². The van der Waals surface area contributed by atoms with Gasteiger partial charge in [-0.2, -0.15) is 0 Å². The predicted molar refractivity (Wildman–Crippen MR) is 432 cm³/mol. The van der Waals surface area contributed by atoms with Gasteiger partial charge in [0, 0.05) is 68.5 Å². The number of hydrogen-bond acceptors (Lipinski definition) is 18. The molecule has 628 valence electrons. The number of rotatable bonds is 41. The summed E-state index contributed by atoms with van der Waals surface area (Å²) in [6, 6.07) is 20.2. The molecule has 2 fully saturated rings. The highest BCUT2D eigenvalue weighted by molar-refractivity contribution is 6.01. The molecule has 34 heteroatoms. The van der Waals surface area contributed by atoms with Gasteiger partial charge in [0.2, 0.25) is 76.8 Å². The normalized spacial score (nSPS) is 16.6. The molecule has 0 spiro atoms. The van der Waals surface area contributed by atoms with Gasteiger partial charge >= 0.3 is 5.97 Å². The second-order valence-corrected chi connectivity index (χ2v) is 30.4. The number of carbonyl (C=O) groups is 14. The highest BCUT2D eigenvalue weighted by Crippen LogP contribution is 2.26. The lowest BCUT2D eigenvalue weighted by Crippen LogP contribution is -2.61. The minimum atomic E-state index is -1.73. The lowest BCUT2D eigenvalue weighted by Gasteiger charge is -2.33. The van der Waals surface area contributed by atoms with Gasteiger partial charge < -0.3 is 99.7 Å². The van der Waals surface area contributed by atoms with Crippen LogP contribution in [-0.2, 0) is 106 Å². The summed E-state index contributed by atoms with van der Waals surface area (Å²) < 4.78 is 0. The fourth-order valence-electron chi connectivity index (χ4n) is 14.3. The number of nitrogens with two attached hydrogens (primary N) is 2. The Balaban J connectivity index is 0.846. The Morgan fingerprint density at radius 2 is 0.992 bits per heavy atom. The summed E-state index contributed by atoms with van der Waals surface area (Å²) in [6.07, 6.45) is 4.15. The summed E-state index contributed by atoms with van der Waals surface area (Å²) in [5, 5.41) is 57.8. The summed E-state index contributed by atoms with van der Waals surface area (Å²) in [5.41, 5.74) is 15.9. The maximum Gasteiger partial charge on any atom is 0.326 e. The zero-order chi connectivity index (χ0) is 85.3. The number of carboxylic acid groups (broad SMARTS) is 1. The number of amides is 13. The molecule has 2 saturated heterocycles. The van der Waals surface area contributed by atoms with E-state index in [4.69, 9.17) is 11.5 Å². The molecule has 2 aliphatic rings. The number of phenols is 2. The van der Waals surface area contributed by atoms with E-state index in [-0.39, 0.29) is 94.7 Å². The number of aliphatic carboxylic acids is 1. The number of likely N-dealkylation sites (tertiary alicyclic amines) is 2. The van der Waals surface area contributed by atoms with Crippen LogP contribution < -0.4 is 64.6 Å². The van der Waals surface area contributed by atoms with E-state index in [1.54, 1.807) is 101 Å². The van der Waals surface area contributed by atoms with Crippen LogP contribution in [0.25, 0.3) is 10.9 Å².